The molecule has 0 heterocycles. The SMILES string of the molecule is CS(=O)(=O)c1ccccc1C(=O)Nc1cccc(NC(=O)C2CC2)c1. The molecule has 1 fully saturated rings. The zero-order valence-electron chi connectivity index (χ0n) is 13.7. The smallest absolute Gasteiger partial charge is 0.256 e. The molecule has 0 bridgehead atoms. The van der Waals surface area contributed by atoms with Gasteiger partial charge in [-0.15, -0.1) is 0 Å². The van der Waals surface area contributed by atoms with Crippen LogP contribution in [0.1, 0.15) is 23.2 Å². The predicted molar refractivity (Wildman–Crippen MR) is 95.3 cm³/mol. The number of sulfone groups is 1. The second kappa shape index (κ2) is 6.68. The van der Waals surface area contributed by atoms with Gasteiger partial charge < -0.3 is 10.6 Å². The summed E-state index contributed by atoms with van der Waals surface area (Å²) in [6.07, 6.45) is 2.88. The molecule has 1 aliphatic carbocycles. The Morgan fingerprint density at radius 3 is 2.24 bits per heavy atom. The van der Waals surface area contributed by atoms with Crippen molar-refractivity contribution in [2.24, 2.45) is 5.92 Å². The van der Waals surface area contributed by atoms with E-state index in [-0.39, 0.29) is 22.3 Å². The van der Waals surface area contributed by atoms with E-state index in [0.29, 0.717) is 11.4 Å². The predicted octanol–water partition coefficient (Wildman–Crippen LogP) is 2.69. The maximum atomic E-state index is 12.5. The van der Waals surface area contributed by atoms with Gasteiger partial charge in [0.1, 0.15) is 0 Å². The van der Waals surface area contributed by atoms with Gasteiger partial charge in [-0.2, -0.15) is 0 Å². The lowest BCUT2D eigenvalue weighted by Crippen LogP contribution is -2.17. The molecule has 0 saturated heterocycles. The molecule has 0 aromatic heterocycles. The maximum Gasteiger partial charge on any atom is 0.256 e. The number of carbonyl (C=O) groups is 2. The Kier molecular flexibility index (Phi) is 4.59. The van der Waals surface area contributed by atoms with E-state index >= 15 is 0 Å². The van der Waals surface area contributed by atoms with Gasteiger partial charge in [-0.3, -0.25) is 9.59 Å². The average molecular weight is 358 g/mol. The van der Waals surface area contributed by atoms with Gasteiger partial charge in [0.25, 0.3) is 5.91 Å². The molecule has 0 aliphatic heterocycles. The summed E-state index contributed by atoms with van der Waals surface area (Å²) >= 11 is 0. The van der Waals surface area contributed by atoms with E-state index < -0.39 is 15.7 Å². The molecule has 2 aromatic rings. The highest BCUT2D eigenvalue weighted by Gasteiger charge is 2.29. The molecule has 2 aromatic carbocycles. The average Bonchev–Trinajstić information content (AvgIpc) is 3.39. The summed E-state index contributed by atoms with van der Waals surface area (Å²) < 4.78 is 23.7. The van der Waals surface area contributed by atoms with Crippen LogP contribution in [0.25, 0.3) is 0 Å². The van der Waals surface area contributed by atoms with E-state index in [0.717, 1.165) is 19.1 Å². The summed E-state index contributed by atoms with van der Waals surface area (Å²) in [6, 6.07) is 12.8. The highest BCUT2D eigenvalue weighted by molar-refractivity contribution is 7.90. The van der Waals surface area contributed by atoms with E-state index in [9.17, 15) is 18.0 Å². The van der Waals surface area contributed by atoms with Crippen LogP contribution in [-0.4, -0.2) is 26.5 Å². The van der Waals surface area contributed by atoms with Gasteiger partial charge >= 0.3 is 0 Å². The van der Waals surface area contributed by atoms with Crippen LogP contribution in [0.4, 0.5) is 11.4 Å². The highest BCUT2D eigenvalue weighted by atomic mass is 32.2. The van der Waals surface area contributed by atoms with Gasteiger partial charge in [0, 0.05) is 23.5 Å². The summed E-state index contributed by atoms with van der Waals surface area (Å²) in [5.74, 6) is -0.461. The number of rotatable bonds is 5. The van der Waals surface area contributed by atoms with E-state index in [4.69, 9.17) is 0 Å². The third-order valence-corrected chi connectivity index (χ3v) is 5.02. The monoisotopic (exact) mass is 358 g/mol. The minimum absolute atomic E-state index is 0.0223. The second-order valence-corrected chi connectivity index (χ2v) is 8.05. The molecule has 7 heteroatoms. The second-order valence-electron chi connectivity index (χ2n) is 6.07. The van der Waals surface area contributed by atoms with Crippen LogP contribution in [0.3, 0.4) is 0 Å². The Labute approximate surface area is 146 Å². The molecular weight excluding hydrogens is 340 g/mol. The fraction of sp³-hybridized carbons (Fsp3) is 0.222. The first-order valence-corrected chi connectivity index (χ1v) is 9.75. The van der Waals surface area contributed by atoms with Crippen molar-refractivity contribution in [3.63, 3.8) is 0 Å². The Morgan fingerprint density at radius 2 is 1.60 bits per heavy atom. The Bertz CT molecular complexity index is 934. The van der Waals surface area contributed by atoms with Crippen LogP contribution in [-0.2, 0) is 14.6 Å². The molecule has 2 amide bonds. The summed E-state index contributed by atoms with van der Waals surface area (Å²) in [5.41, 5.74) is 1.14. The van der Waals surface area contributed by atoms with Crippen molar-refractivity contribution in [1.29, 1.82) is 0 Å². The van der Waals surface area contributed by atoms with Gasteiger partial charge in [0.2, 0.25) is 5.91 Å². The molecule has 6 nitrogen and oxygen atoms in total. The summed E-state index contributed by atoms with van der Waals surface area (Å²) in [6.45, 7) is 0. The molecule has 0 spiro atoms. The van der Waals surface area contributed by atoms with Gasteiger partial charge in [-0.05, 0) is 43.2 Å². The van der Waals surface area contributed by atoms with E-state index in [1.54, 1.807) is 36.4 Å². The Hall–Kier alpha value is -2.67. The lowest BCUT2D eigenvalue weighted by atomic mass is 10.2. The largest absolute Gasteiger partial charge is 0.326 e. The number of nitrogens with one attached hydrogen (secondary N) is 2. The molecule has 25 heavy (non-hydrogen) atoms. The van der Waals surface area contributed by atoms with Crippen molar-refractivity contribution in [2.75, 3.05) is 16.9 Å². The molecule has 0 radical (unpaired) electrons. The van der Waals surface area contributed by atoms with Gasteiger partial charge in [0.15, 0.2) is 9.84 Å². The zero-order valence-corrected chi connectivity index (χ0v) is 14.5. The molecule has 130 valence electrons. The first kappa shape index (κ1) is 17.2. The summed E-state index contributed by atoms with van der Waals surface area (Å²) in [5, 5.41) is 5.48. The molecule has 0 atom stereocenters. The molecular formula is C18H18N2O4S. The lowest BCUT2D eigenvalue weighted by Gasteiger charge is -2.10. The number of hydrogen-bond acceptors (Lipinski definition) is 4. The van der Waals surface area contributed by atoms with Crippen molar-refractivity contribution in [2.45, 2.75) is 17.7 Å². The van der Waals surface area contributed by atoms with Crippen LogP contribution in [0.5, 0.6) is 0 Å². The molecule has 0 unspecified atom stereocenters. The minimum Gasteiger partial charge on any atom is -0.326 e. The third kappa shape index (κ3) is 4.24. The van der Waals surface area contributed by atoms with Crippen molar-refractivity contribution in [1.82, 2.24) is 0 Å². The van der Waals surface area contributed by atoms with Crippen LogP contribution < -0.4 is 10.6 Å². The number of benzene rings is 2. The fourth-order valence-corrected chi connectivity index (χ4v) is 3.33. The summed E-state index contributed by atoms with van der Waals surface area (Å²) in [7, 11) is -3.52. The van der Waals surface area contributed by atoms with Gasteiger partial charge in [-0.25, -0.2) is 8.42 Å². The first-order chi connectivity index (χ1) is 11.8. The number of hydrogen-bond donors (Lipinski definition) is 2. The topological polar surface area (TPSA) is 92.3 Å². The quantitative estimate of drug-likeness (QED) is 0.859. The highest BCUT2D eigenvalue weighted by Crippen LogP contribution is 2.30. The van der Waals surface area contributed by atoms with Crippen LogP contribution in [0, 0.1) is 5.92 Å². The molecule has 2 N–H and O–H groups in total. The molecule has 1 aliphatic rings. The van der Waals surface area contributed by atoms with Crippen molar-refractivity contribution in [3.8, 4) is 0 Å². The van der Waals surface area contributed by atoms with E-state index in [1.807, 2.05) is 0 Å². The molecule has 3 rings (SSSR count). The normalized spacial score (nSPS) is 14.0. The first-order valence-electron chi connectivity index (χ1n) is 7.86. The van der Waals surface area contributed by atoms with Crippen molar-refractivity contribution >= 4 is 33.0 Å². The molecule has 1 saturated carbocycles. The van der Waals surface area contributed by atoms with Crippen molar-refractivity contribution < 1.29 is 18.0 Å². The third-order valence-electron chi connectivity index (χ3n) is 3.87. The zero-order chi connectivity index (χ0) is 18.0. The van der Waals surface area contributed by atoms with E-state index in [2.05, 4.69) is 10.6 Å². The van der Waals surface area contributed by atoms with E-state index in [1.165, 1.54) is 12.1 Å². The maximum absolute atomic E-state index is 12.5. The van der Waals surface area contributed by atoms with Gasteiger partial charge in [-0.1, -0.05) is 18.2 Å². The number of carbonyl (C=O) groups excluding carboxylic acids is 2. The summed E-state index contributed by atoms with van der Waals surface area (Å²) in [4.78, 5) is 24.3. The van der Waals surface area contributed by atoms with Crippen LogP contribution in [0.2, 0.25) is 0 Å². The number of amides is 2. The van der Waals surface area contributed by atoms with Gasteiger partial charge in [0.05, 0.1) is 10.5 Å². The minimum atomic E-state index is -3.52. The Balaban J connectivity index is 1.79. The standard InChI is InChI=1S/C18H18N2O4S/c1-25(23,24)16-8-3-2-7-15(16)18(22)20-14-6-4-5-13(11-14)19-17(21)12-9-10-12/h2-8,11-12H,9-10H2,1H3,(H,19,21)(H,20,22). The Morgan fingerprint density at radius 1 is 0.960 bits per heavy atom. The van der Waals surface area contributed by atoms with Crippen LogP contribution >= 0.6 is 0 Å². The van der Waals surface area contributed by atoms with Crippen molar-refractivity contribution in [3.05, 3.63) is 54.1 Å². The fourth-order valence-electron chi connectivity index (χ4n) is 2.44. The number of anilines is 2. The van der Waals surface area contributed by atoms with Crippen LogP contribution in [0.15, 0.2) is 53.4 Å². The lowest BCUT2D eigenvalue weighted by molar-refractivity contribution is -0.117.